The molecule has 1 aliphatic rings. The van der Waals surface area contributed by atoms with Crippen LogP contribution in [0.25, 0.3) is 11.3 Å². The van der Waals surface area contributed by atoms with Crippen LogP contribution in [0.4, 0.5) is 0 Å². The highest BCUT2D eigenvalue weighted by molar-refractivity contribution is 5.84. The molecule has 0 atom stereocenters. The number of hydrogen-bond donors (Lipinski definition) is 0. The molecule has 0 radical (unpaired) electrons. The fraction of sp³-hybridized carbons (Fsp3) is 0.222. The zero-order chi connectivity index (χ0) is 13.8. The highest BCUT2D eigenvalue weighted by Gasteiger charge is 2.13. The minimum absolute atomic E-state index is 0.680. The van der Waals surface area contributed by atoms with Gasteiger partial charge in [-0.2, -0.15) is 0 Å². The van der Waals surface area contributed by atoms with E-state index in [9.17, 15) is 0 Å². The van der Waals surface area contributed by atoms with Gasteiger partial charge in [0.15, 0.2) is 0 Å². The molecule has 1 heteroatoms. The second-order valence-corrected chi connectivity index (χ2v) is 4.86. The molecule has 0 amide bonds. The lowest BCUT2D eigenvalue weighted by Crippen LogP contribution is -1.98. The van der Waals surface area contributed by atoms with Crippen molar-refractivity contribution in [1.29, 1.82) is 0 Å². The lowest BCUT2D eigenvalue weighted by Gasteiger charge is -2.18. The lowest BCUT2D eigenvalue weighted by atomic mass is 9.88. The Morgan fingerprint density at radius 3 is 2.32 bits per heavy atom. The summed E-state index contributed by atoms with van der Waals surface area (Å²) < 4.78 is 5.26. The first-order valence-corrected chi connectivity index (χ1v) is 6.51. The van der Waals surface area contributed by atoms with Crippen molar-refractivity contribution in [3.63, 3.8) is 0 Å². The van der Waals surface area contributed by atoms with Gasteiger partial charge in [-0.05, 0) is 36.5 Å². The maximum atomic E-state index is 5.26. The summed E-state index contributed by atoms with van der Waals surface area (Å²) in [4.78, 5) is 0. The molecule has 1 aromatic rings. The maximum absolute atomic E-state index is 5.26. The highest BCUT2D eigenvalue weighted by Crippen LogP contribution is 2.33. The monoisotopic (exact) mass is 252 g/mol. The number of benzene rings is 1. The summed E-state index contributed by atoms with van der Waals surface area (Å²) in [5.74, 6) is 0.680. The smallest absolute Gasteiger partial charge is 0.119 e. The Hall–Kier alpha value is -2.02. The third-order valence-electron chi connectivity index (χ3n) is 3.54. The summed E-state index contributed by atoms with van der Waals surface area (Å²) in [6.07, 6.45) is 6.51. The van der Waals surface area contributed by atoms with Crippen molar-refractivity contribution in [1.82, 2.24) is 0 Å². The van der Waals surface area contributed by atoms with Crippen molar-refractivity contribution < 1.29 is 4.74 Å². The standard InChI is InChI=1S/C18H20O/c1-13-9-11-16(12-10-13)14(2)17-7-5-6-8-18(17)15(3)19-4/h5-9,11H,2-3,10,12H2,1,4H3. The molecule has 19 heavy (non-hydrogen) atoms. The third-order valence-corrected chi connectivity index (χ3v) is 3.54. The van der Waals surface area contributed by atoms with Gasteiger partial charge in [-0.15, -0.1) is 0 Å². The molecule has 2 rings (SSSR count). The average molecular weight is 252 g/mol. The molecule has 1 aromatic carbocycles. The van der Waals surface area contributed by atoms with Crippen LogP contribution in [0.1, 0.15) is 30.9 Å². The van der Waals surface area contributed by atoms with Gasteiger partial charge in [-0.25, -0.2) is 0 Å². The quantitative estimate of drug-likeness (QED) is 0.686. The van der Waals surface area contributed by atoms with Crippen molar-refractivity contribution in [3.8, 4) is 0 Å². The van der Waals surface area contributed by atoms with Crippen molar-refractivity contribution in [2.24, 2.45) is 0 Å². The number of rotatable bonds is 4. The topological polar surface area (TPSA) is 9.23 Å². The van der Waals surface area contributed by atoms with Crippen LogP contribution in [0.15, 0.2) is 60.7 Å². The first-order chi connectivity index (χ1) is 9.13. The average Bonchev–Trinajstić information content (AvgIpc) is 2.46. The van der Waals surface area contributed by atoms with Gasteiger partial charge in [0.25, 0.3) is 0 Å². The van der Waals surface area contributed by atoms with Crippen molar-refractivity contribution >= 4 is 11.3 Å². The van der Waals surface area contributed by atoms with Crippen molar-refractivity contribution in [2.45, 2.75) is 19.8 Å². The normalized spacial score (nSPS) is 14.4. The van der Waals surface area contributed by atoms with Crippen LogP contribution in [-0.4, -0.2) is 7.11 Å². The van der Waals surface area contributed by atoms with E-state index in [-0.39, 0.29) is 0 Å². The zero-order valence-electron chi connectivity index (χ0n) is 11.7. The number of ether oxygens (including phenoxy) is 1. The molecule has 0 bridgehead atoms. The number of methoxy groups -OCH3 is 1. The van der Waals surface area contributed by atoms with Gasteiger partial charge < -0.3 is 4.74 Å². The fourth-order valence-electron chi connectivity index (χ4n) is 2.27. The summed E-state index contributed by atoms with van der Waals surface area (Å²) in [6.45, 7) is 10.4. The first-order valence-electron chi connectivity index (χ1n) is 6.51. The Balaban J connectivity index is 2.37. The van der Waals surface area contributed by atoms with Gasteiger partial charge in [-0.1, -0.05) is 55.1 Å². The molecule has 0 saturated heterocycles. The Morgan fingerprint density at radius 1 is 1.05 bits per heavy atom. The van der Waals surface area contributed by atoms with Crippen LogP contribution in [-0.2, 0) is 4.74 Å². The van der Waals surface area contributed by atoms with E-state index in [1.54, 1.807) is 7.11 Å². The maximum Gasteiger partial charge on any atom is 0.119 e. The Bertz CT molecular complexity index is 573. The lowest BCUT2D eigenvalue weighted by molar-refractivity contribution is 0.371. The van der Waals surface area contributed by atoms with Crippen LogP contribution in [0.3, 0.4) is 0 Å². The third kappa shape index (κ3) is 2.87. The van der Waals surface area contributed by atoms with Gasteiger partial charge in [0.05, 0.1) is 7.11 Å². The number of hydrogen-bond acceptors (Lipinski definition) is 1. The molecular formula is C18H20O. The first kappa shape index (κ1) is 13.4. The molecule has 0 fully saturated rings. The molecule has 0 spiro atoms. The van der Waals surface area contributed by atoms with Crippen LogP contribution < -0.4 is 0 Å². The van der Waals surface area contributed by atoms with E-state index >= 15 is 0 Å². The van der Waals surface area contributed by atoms with E-state index in [1.807, 2.05) is 18.2 Å². The second-order valence-electron chi connectivity index (χ2n) is 4.86. The Labute approximate surface area is 115 Å². The van der Waals surface area contributed by atoms with E-state index in [0.29, 0.717) is 5.76 Å². The molecule has 98 valence electrons. The molecule has 1 nitrogen and oxygen atoms in total. The van der Waals surface area contributed by atoms with Crippen LogP contribution >= 0.6 is 0 Å². The predicted octanol–water partition coefficient (Wildman–Crippen LogP) is 4.98. The minimum atomic E-state index is 0.680. The molecular weight excluding hydrogens is 232 g/mol. The zero-order valence-corrected chi connectivity index (χ0v) is 11.7. The Kier molecular flexibility index (Phi) is 4.06. The second kappa shape index (κ2) is 5.75. The van der Waals surface area contributed by atoms with Crippen LogP contribution in [0, 0.1) is 0 Å². The molecule has 0 N–H and O–H groups in total. The van der Waals surface area contributed by atoms with E-state index in [2.05, 4.69) is 38.3 Å². The van der Waals surface area contributed by atoms with E-state index in [1.165, 1.54) is 11.1 Å². The Morgan fingerprint density at radius 2 is 1.74 bits per heavy atom. The minimum Gasteiger partial charge on any atom is -0.497 e. The summed E-state index contributed by atoms with van der Waals surface area (Å²) in [7, 11) is 1.65. The highest BCUT2D eigenvalue weighted by atomic mass is 16.5. The summed E-state index contributed by atoms with van der Waals surface area (Å²) in [5, 5.41) is 0. The number of allylic oxidation sites excluding steroid dienone is 5. The predicted molar refractivity (Wildman–Crippen MR) is 82.6 cm³/mol. The van der Waals surface area contributed by atoms with E-state index < -0.39 is 0 Å². The molecule has 0 aliphatic heterocycles. The van der Waals surface area contributed by atoms with Crippen LogP contribution in [0.2, 0.25) is 0 Å². The molecule has 0 unspecified atom stereocenters. The molecule has 0 heterocycles. The van der Waals surface area contributed by atoms with Crippen LogP contribution in [0.5, 0.6) is 0 Å². The molecule has 0 aromatic heterocycles. The summed E-state index contributed by atoms with van der Waals surface area (Å²) in [6, 6.07) is 8.12. The van der Waals surface area contributed by atoms with Gasteiger partial charge in [0, 0.05) is 5.56 Å². The SMILES string of the molecule is C=C(OC)c1ccccc1C(=C)C1=CC=C(C)CC1. The fourth-order valence-corrected chi connectivity index (χ4v) is 2.27. The van der Waals surface area contributed by atoms with Crippen molar-refractivity contribution in [2.75, 3.05) is 7.11 Å². The van der Waals surface area contributed by atoms with E-state index in [4.69, 9.17) is 4.74 Å². The molecule has 0 saturated carbocycles. The van der Waals surface area contributed by atoms with Crippen molar-refractivity contribution in [3.05, 3.63) is 71.8 Å². The van der Waals surface area contributed by atoms with Gasteiger partial charge in [-0.3, -0.25) is 0 Å². The van der Waals surface area contributed by atoms with Gasteiger partial charge in [0.2, 0.25) is 0 Å². The van der Waals surface area contributed by atoms with Gasteiger partial charge in [0.1, 0.15) is 5.76 Å². The van der Waals surface area contributed by atoms with E-state index in [0.717, 1.165) is 29.5 Å². The largest absolute Gasteiger partial charge is 0.497 e. The van der Waals surface area contributed by atoms with Gasteiger partial charge >= 0.3 is 0 Å². The summed E-state index contributed by atoms with van der Waals surface area (Å²) in [5.41, 5.74) is 5.90. The summed E-state index contributed by atoms with van der Waals surface area (Å²) >= 11 is 0. The molecule has 1 aliphatic carbocycles.